The molecule has 0 saturated carbocycles. The van der Waals surface area contributed by atoms with E-state index in [1.807, 2.05) is 0 Å². The summed E-state index contributed by atoms with van der Waals surface area (Å²) in [6.07, 6.45) is 4.24. The molecule has 1 aromatic heterocycles. The number of hydrogen-bond acceptors (Lipinski definition) is 1. The van der Waals surface area contributed by atoms with E-state index in [9.17, 15) is 0 Å². The van der Waals surface area contributed by atoms with Gasteiger partial charge in [0.25, 0.3) is 0 Å². The first-order chi connectivity index (χ1) is 19.0. The molecule has 0 radical (unpaired) electrons. The molecule has 0 bridgehead atoms. The van der Waals surface area contributed by atoms with Crippen LogP contribution in [0.1, 0.15) is 84.6 Å². The molecule has 0 amide bonds. The number of benzene rings is 4. The lowest BCUT2D eigenvalue weighted by atomic mass is 9.80. The molecule has 1 aliphatic rings. The molecular formula is C39H46NO+. The van der Waals surface area contributed by atoms with Crippen LogP contribution in [-0.4, -0.2) is 0 Å². The van der Waals surface area contributed by atoms with Crippen LogP contribution in [0.5, 0.6) is 11.5 Å². The second kappa shape index (κ2) is 9.05. The zero-order valence-electron chi connectivity index (χ0n) is 27.0. The highest BCUT2D eigenvalue weighted by atomic mass is 16.5. The Kier molecular flexibility index (Phi) is 6.13. The zero-order valence-corrected chi connectivity index (χ0v) is 27.0. The van der Waals surface area contributed by atoms with Crippen LogP contribution in [0.25, 0.3) is 43.6 Å². The molecule has 6 rings (SSSR count). The summed E-state index contributed by atoms with van der Waals surface area (Å²) in [5.74, 6) is 2.01. The van der Waals surface area contributed by atoms with Gasteiger partial charge in [0.05, 0.1) is 10.9 Å². The van der Waals surface area contributed by atoms with Crippen molar-refractivity contribution in [2.45, 2.75) is 87.5 Å². The Balaban J connectivity index is 1.76. The number of pyridine rings is 1. The lowest BCUT2D eigenvalue weighted by molar-refractivity contribution is -0.659. The molecule has 2 nitrogen and oxygen atoms in total. The molecule has 0 unspecified atom stereocenters. The Hall–Kier alpha value is -3.39. The SMILES string of the molecule is Cc1c2c(c(CC(C)(C)C)c3ccc(CC(C)(C)C)cc13)Oc1cc3c(C(C)(C)C)cccc3c3cc[n+](C)c-2c13. The maximum atomic E-state index is 7.14. The summed E-state index contributed by atoms with van der Waals surface area (Å²) in [6, 6.07) is 18.5. The second-order valence-corrected chi connectivity index (χ2v) is 15.9. The van der Waals surface area contributed by atoms with Crippen LogP contribution in [0.15, 0.2) is 54.7 Å². The molecule has 1 aliphatic heterocycles. The smallest absolute Gasteiger partial charge is 0.228 e. The number of nitrogens with zero attached hydrogens (tertiary/aromatic N) is 1. The number of fused-ring (bicyclic) bond motifs is 5. The molecule has 212 valence electrons. The predicted octanol–water partition coefficient (Wildman–Crippen LogP) is 10.5. The van der Waals surface area contributed by atoms with E-state index >= 15 is 0 Å². The number of hydrogen-bond donors (Lipinski definition) is 0. The van der Waals surface area contributed by atoms with E-state index in [-0.39, 0.29) is 16.2 Å². The van der Waals surface area contributed by atoms with Crippen molar-refractivity contribution in [3.63, 3.8) is 0 Å². The van der Waals surface area contributed by atoms with Gasteiger partial charge in [0.15, 0.2) is 6.20 Å². The Morgan fingerprint density at radius 2 is 1.41 bits per heavy atom. The van der Waals surface area contributed by atoms with Crippen molar-refractivity contribution in [2.24, 2.45) is 17.9 Å². The van der Waals surface area contributed by atoms with Gasteiger partial charge in [-0.1, -0.05) is 98.7 Å². The standard InChI is InChI=1S/C39H46NO/c1-23-28-19-24(21-37(2,3)4)15-16-26(28)30(22-38(5,6)7)36-33(23)35-34-27(17-18-40(35)11)25-13-12-14-31(39(8,9)10)29(25)20-32(34)41-36/h12-20H,21-22H2,1-11H3/q+1. The van der Waals surface area contributed by atoms with Crippen LogP contribution in [0.4, 0.5) is 0 Å². The minimum atomic E-state index is 0.0315. The van der Waals surface area contributed by atoms with E-state index < -0.39 is 0 Å². The summed E-state index contributed by atoms with van der Waals surface area (Å²) in [7, 11) is 2.19. The second-order valence-electron chi connectivity index (χ2n) is 15.9. The van der Waals surface area contributed by atoms with Crippen LogP contribution in [0, 0.1) is 17.8 Å². The molecular weight excluding hydrogens is 498 g/mol. The number of aryl methyl sites for hydroxylation is 2. The fourth-order valence-electron chi connectivity index (χ4n) is 7.00. The molecule has 2 heteroatoms. The quantitative estimate of drug-likeness (QED) is 0.156. The summed E-state index contributed by atoms with van der Waals surface area (Å²) < 4.78 is 9.45. The molecule has 0 atom stereocenters. The topological polar surface area (TPSA) is 13.1 Å². The van der Waals surface area contributed by atoms with Gasteiger partial charge in [0.2, 0.25) is 5.69 Å². The van der Waals surface area contributed by atoms with Gasteiger partial charge in [-0.3, -0.25) is 0 Å². The average molecular weight is 545 g/mol. The van der Waals surface area contributed by atoms with Gasteiger partial charge in [-0.2, -0.15) is 0 Å². The Morgan fingerprint density at radius 3 is 2.07 bits per heavy atom. The van der Waals surface area contributed by atoms with Crippen molar-refractivity contribution >= 4 is 32.3 Å². The maximum Gasteiger partial charge on any atom is 0.228 e. The highest BCUT2D eigenvalue weighted by molar-refractivity contribution is 6.17. The number of aromatic nitrogens is 1. The molecule has 0 N–H and O–H groups in total. The summed E-state index contributed by atoms with van der Waals surface area (Å²) in [5, 5.41) is 7.74. The van der Waals surface area contributed by atoms with E-state index in [1.165, 1.54) is 65.8 Å². The predicted molar refractivity (Wildman–Crippen MR) is 175 cm³/mol. The van der Waals surface area contributed by atoms with Gasteiger partial charge in [-0.05, 0) is 80.3 Å². The fraction of sp³-hybridized carbons (Fsp3) is 0.410. The third-order valence-electron chi connectivity index (χ3n) is 8.63. The molecule has 0 spiro atoms. The number of rotatable bonds is 2. The summed E-state index contributed by atoms with van der Waals surface area (Å²) in [5.41, 5.74) is 8.27. The van der Waals surface area contributed by atoms with Gasteiger partial charge < -0.3 is 4.74 Å². The molecule has 2 heterocycles. The van der Waals surface area contributed by atoms with Gasteiger partial charge in [-0.15, -0.1) is 0 Å². The highest BCUT2D eigenvalue weighted by Crippen LogP contribution is 2.53. The first kappa shape index (κ1) is 27.8. The number of ether oxygens (including phenoxy) is 1. The molecule has 5 aromatic rings. The normalized spacial score (nSPS) is 13.6. The lowest BCUT2D eigenvalue weighted by Gasteiger charge is -2.29. The Morgan fingerprint density at radius 1 is 0.707 bits per heavy atom. The van der Waals surface area contributed by atoms with Gasteiger partial charge in [-0.25, -0.2) is 4.57 Å². The van der Waals surface area contributed by atoms with E-state index in [0.717, 1.165) is 24.3 Å². The minimum Gasteiger partial charge on any atom is -0.455 e. The van der Waals surface area contributed by atoms with E-state index in [0.29, 0.717) is 0 Å². The highest BCUT2D eigenvalue weighted by Gasteiger charge is 2.35. The summed E-state index contributed by atoms with van der Waals surface area (Å²) in [6.45, 7) is 23.2. The Labute approximate surface area is 246 Å². The van der Waals surface area contributed by atoms with Crippen LogP contribution in [-0.2, 0) is 25.3 Å². The van der Waals surface area contributed by atoms with Crippen LogP contribution in [0.2, 0.25) is 0 Å². The van der Waals surface area contributed by atoms with Crippen molar-refractivity contribution < 1.29 is 9.30 Å². The summed E-state index contributed by atoms with van der Waals surface area (Å²) >= 11 is 0. The van der Waals surface area contributed by atoms with Crippen molar-refractivity contribution in [1.82, 2.24) is 0 Å². The van der Waals surface area contributed by atoms with Gasteiger partial charge >= 0.3 is 0 Å². The van der Waals surface area contributed by atoms with Crippen LogP contribution in [0.3, 0.4) is 0 Å². The van der Waals surface area contributed by atoms with Crippen molar-refractivity contribution in [2.75, 3.05) is 0 Å². The molecule has 4 aromatic carbocycles. The van der Waals surface area contributed by atoms with Crippen molar-refractivity contribution in [3.05, 3.63) is 77.0 Å². The zero-order chi connectivity index (χ0) is 29.6. The van der Waals surface area contributed by atoms with Crippen molar-refractivity contribution in [3.8, 4) is 22.8 Å². The Bertz CT molecular complexity index is 1870. The summed E-state index contributed by atoms with van der Waals surface area (Å²) in [4.78, 5) is 0. The largest absolute Gasteiger partial charge is 0.455 e. The van der Waals surface area contributed by atoms with Crippen molar-refractivity contribution in [1.29, 1.82) is 0 Å². The molecule has 41 heavy (non-hydrogen) atoms. The van der Waals surface area contributed by atoms with E-state index in [2.05, 4.69) is 136 Å². The van der Waals surface area contributed by atoms with Gasteiger partial charge in [0, 0.05) is 17.0 Å². The third kappa shape index (κ3) is 4.70. The van der Waals surface area contributed by atoms with Crippen LogP contribution >= 0.6 is 0 Å². The van der Waals surface area contributed by atoms with E-state index in [4.69, 9.17) is 4.74 Å². The monoisotopic (exact) mass is 544 g/mol. The molecule has 0 saturated heterocycles. The minimum absolute atomic E-state index is 0.0315. The maximum absolute atomic E-state index is 7.14. The van der Waals surface area contributed by atoms with E-state index in [1.54, 1.807) is 0 Å². The van der Waals surface area contributed by atoms with Gasteiger partial charge in [0.1, 0.15) is 18.5 Å². The first-order valence-electron chi connectivity index (χ1n) is 15.2. The molecule has 0 fully saturated rings. The fourth-order valence-corrected chi connectivity index (χ4v) is 7.00. The average Bonchev–Trinajstić information content (AvgIpc) is 2.85. The third-order valence-corrected chi connectivity index (χ3v) is 8.63. The van der Waals surface area contributed by atoms with Crippen LogP contribution < -0.4 is 9.30 Å². The first-order valence-corrected chi connectivity index (χ1v) is 15.2. The lowest BCUT2D eigenvalue weighted by Crippen LogP contribution is -2.32. The molecule has 0 aliphatic carbocycles.